The van der Waals surface area contributed by atoms with Gasteiger partial charge in [0.25, 0.3) is 0 Å². The average Bonchev–Trinajstić information content (AvgIpc) is 2.53. The van der Waals surface area contributed by atoms with E-state index >= 15 is 0 Å². The van der Waals surface area contributed by atoms with E-state index < -0.39 is 23.8 Å². The molecule has 0 unspecified atom stereocenters. The highest BCUT2D eigenvalue weighted by atomic mass is 19.4. The Morgan fingerprint density at radius 2 is 1.65 bits per heavy atom. The molecule has 0 aliphatic heterocycles. The van der Waals surface area contributed by atoms with Crippen LogP contribution in [0.4, 0.5) is 13.2 Å². The molecule has 0 bridgehead atoms. The minimum absolute atomic E-state index is 0.0990. The van der Waals surface area contributed by atoms with Gasteiger partial charge in [0.2, 0.25) is 0 Å². The van der Waals surface area contributed by atoms with E-state index in [1.54, 1.807) is 0 Å². The lowest BCUT2D eigenvalue weighted by Crippen LogP contribution is -2.17. The molecule has 2 N–H and O–H groups in total. The van der Waals surface area contributed by atoms with Crippen molar-refractivity contribution < 1.29 is 22.7 Å². The maximum atomic E-state index is 12.5. The van der Waals surface area contributed by atoms with E-state index in [-0.39, 0.29) is 13.0 Å². The quantitative estimate of drug-likeness (QED) is 0.851. The standard InChI is InChI=1S/C17H16F3NO2/c18-17(19,20)14-8-6-13(7-9-14)15(21)10-16(22)23-11-12-4-2-1-3-5-12/h1-9,15H,10-11,21H2/t15-/m1/s1. The molecule has 0 aliphatic rings. The zero-order valence-corrected chi connectivity index (χ0v) is 12.2. The first-order valence-electron chi connectivity index (χ1n) is 6.98. The number of rotatable bonds is 5. The molecule has 2 rings (SSSR count). The van der Waals surface area contributed by atoms with Gasteiger partial charge in [-0.2, -0.15) is 13.2 Å². The van der Waals surface area contributed by atoms with Crippen molar-refractivity contribution in [2.24, 2.45) is 5.73 Å². The van der Waals surface area contributed by atoms with Crippen LogP contribution in [0.3, 0.4) is 0 Å². The molecule has 0 aliphatic carbocycles. The highest BCUT2D eigenvalue weighted by Gasteiger charge is 2.30. The lowest BCUT2D eigenvalue weighted by molar-refractivity contribution is -0.145. The highest BCUT2D eigenvalue weighted by molar-refractivity contribution is 5.70. The lowest BCUT2D eigenvalue weighted by Gasteiger charge is -2.13. The molecular formula is C17H16F3NO2. The third-order valence-electron chi connectivity index (χ3n) is 3.30. The fourth-order valence-corrected chi connectivity index (χ4v) is 2.01. The van der Waals surface area contributed by atoms with Gasteiger partial charge in [-0.05, 0) is 23.3 Å². The largest absolute Gasteiger partial charge is 0.461 e. The zero-order chi connectivity index (χ0) is 16.9. The number of hydrogen-bond acceptors (Lipinski definition) is 3. The number of carbonyl (C=O) groups is 1. The summed E-state index contributed by atoms with van der Waals surface area (Å²) in [5, 5.41) is 0. The summed E-state index contributed by atoms with van der Waals surface area (Å²) >= 11 is 0. The van der Waals surface area contributed by atoms with Crippen molar-refractivity contribution in [3.05, 3.63) is 71.3 Å². The normalized spacial score (nSPS) is 12.7. The van der Waals surface area contributed by atoms with Crippen molar-refractivity contribution >= 4 is 5.97 Å². The summed E-state index contributed by atoms with van der Waals surface area (Å²) in [5.41, 5.74) is 6.40. The number of benzene rings is 2. The maximum absolute atomic E-state index is 12.5. The number of hydrogen-bond donors (Lipinski definition) is 1. The van der Waals surface area contributed by atoms with E-state index in [4.69, 9.17) is 10.5 Å². The second kappa shape index (κ2) is 7.28. The van der Waals surface area contributed by atoms with Crippen LogP contribution in [-0.2, 0) is 22.3 Å². The molecule has 6 heteroatoms. The molecule has 23 heavy (non-hydrogen) atoms. The van der Waals surface area contributed by atoms with Gasteiger partial charge in [-0.25, -0.2) is 0 Å². The van der Waals surface area contributed by atoms with Crippen molar-refractivity contribution in [1.82, 2.24) is 0 Å². The van der Waals surface area contributed by atoms with Crippen LogP contribution in [0.1, 0.15) is 29.2 Å². The summed E-state index contributed by atoms with van der Waals surface area (Å²) in [6, 6.07) is 12.9. The molecule has 0 amide bonds. The Morgan fingerprint density at radius 1 is 1.04 bits per heavy atom. The number of halogens is 3. The molecule has 2 aromatic rings. The second-order valence-electron chi connectivity index (χ2n) is 5.08. The first-order valence-corrected chi connectivity index (χ1v) is 6.98. The van der Waals surface area contributed by atoms with Crippen molar-refractivity contribution in [1.29, 1.82) is 0 Å². The van der Waals surface area contributed by atoms with Crippen molar-refractivity contribution in [3.8, 4) is 0 Å². The molecule has 0 fully saturated rings. The van der Waals surface area contributed by atoms with Crippen LogP contribution in [0.25, 0.3) is 0 Å². The second-order valence-corrected chi connectivity index (χ2v) is 5.08. The molecule has 0 heterocycles. The molecule has 0 radical (unpaired) electrons. The van der Waals surface area contributed by atoms with Gasteiger partial charge in [0, 0.05) is 6.04 Å². The predicted molar refractivity (Wildman–Crippen MR) is 79.2 cm³/mol. The minimum atomic E-state index is -4.39. The first kappa shape index (κ1) is 17.0. The Kier molecular flexibility index (Phi) is 5.39. The third kappa shape index (κ3) is 5.10. The number of esters is 1. The van der Waals surface area contributed by atoms with Crippen molar-refractivity contribution in [3.63, 3.8) is 0 Å². The van der Waals surface area contributed by atoms with E-state index in [9.17, 15) is 18.0 Å². The summed E-state index contributed by atoms with van der Waals surface area (Å²) in [5.74, 6) is -0.499. The Hall–Kier alpha value is -2.34. The Balaban J connectivity index is 1.88. The molecule has 2 aromatic carbocycles. The van der Waals surface area contributed by atoms with Crippen LogP contribution in [0.5, 0.6) is 0 Å². The Morgan fingerprint density at radius 3 is 2.22 bits per heavy atom. The van der Waals surface area contributed by atoms with E-state index in [0.717, 1.165) is 17.7 Å². The van der Waals surface area contributed by atoms with Gasteiger partial charge >= 0.3 is 12.1 Å². The highest BCUT2D eigenvalue weighted by Crippen LogP contribution is 2.30. The lowest BCUT2D eigenvalue weighted by atomic mass is 10.0. The molecule has 3 nitrogen and oxygen atoms in total. The maximum Gasteiger partial charge on any atom is 0.416 e. The van der Waals surface area contributed by atoms with E-state index in [0.29, 0.717) is 5.56 Å². The third-order valence-corrected chi connectivity index (χ3v) is 3.30. The van der Waals surface area contributed by atoms with E-state index in [1.165, 1.54) is 12.1 Å². The summed E-state index contributed by atoms with van der Waals surface area (Å²) in [4.78, 5) is 11.7. The van der Waals surface area contributed by atoms with Crippen molar-refractivity contribution in [2.45, 2.75) is 25.2 Å². The molecule has 0 aromatic heterocycles. The molecule has 1 atom stereocenters. The molecule has 0 spiro atoms. The van der Waals surface area contributed by atoms with Crippen molar-refractivity contribution in [2.75, 3.05) is 0 Å². The van der Waals surface area contributed by atoms with E-state index in [1.807, 2.05) is 30.3 Å². The zero-order valence-electron chi connectivity index (χ0n) is 12.2. The Bertz CT molecular complexity index is 639. The summed E-state index contributed by atoms with van der Waals surface area (Å²) < 4.78 is 42.6. The fraction of sp³-hybridized carbons (Fsp3) is 0.235. The smallest absolute Gasteiger partial charge is 0.416 e. The van der Waals surface area contributed by atoms with Crippen LogP contribution < -0.4 is 5.73 Å². The summed E-state index contributed by atoms with van der Waals surface area (Å²) in [7, 11) is 0. The Labute approximate surface area is 131 Å². The number of nitrogens with two attached hydrogens (primary N) is 1. The SMILES string of the molecule is N[C@H](CC(=O)OCc1ccccc1)c1ccc(C(F)(F)F)cc1. The number of ether oxygens (including phenoxy) is 1. The van der Waals surface area contributed by atoms with Gasteiger partial charge < -0.3 is 10.5 Å². The van der Waals surface area contributed by atoms with Gasteiger partial charge in [-0.1, -0.05) is 42.5 Å². The fourth-order valence-electron chi connectivity index (χ4n) is 2.01. The summed E-state index contributed by atoms with van der Waals surface area (Å²) in [6.45, 7) is 0.138. The minimum Gasteiger partial charge on any atom is -0.461 e. The topological polar surface area (TPSA) is 52.3 Å². The predicted octanol–water partition coefficient (Wildman–Crippen LogP) is 3.84. The van der Waals surface area contributed by atoms with Gasteiger partial charge in [-0.15, -0.1) is 0 Å². The van der Waals surface area contributed by atoms with Crippen LogP contribution in [0, 0.1) is 0 Å². The molecule has 0 saturated heterocycles. The monoisotopic (exact) mass is 323 g/mol. The molecule has 122 valence electrons. The number of carbonyl (C=O) groups excluding carboxylic acids is 1. The van der Waals surface area contributed by atoms with Gasteiger partial charge in [0.15, 0.2) is 0 Å². The van der Waals surface area contributed by atoms with Crippen LogP contribution in [0.2, 0.25) is 0 Å². The van der Waals surface area contributed by atoms with Crippen LogP contribution >= 0.6 is 0 Å². The average molecular weight is 323 g/mol. The van der Waals surface area contributed by atoms with Gasteiger partial charge in [0.05, 0.1) is 12.0 Å². The van der Waals surface area contributed by atoms with Crippen LogP contribution in [0.15, 0.2) is 54.6 Å². The number of alkyl halides is 3. The van der Waals surface area contributed by atoms with E-state index in [2.05, 4.69) is 0 Å². The van der Waals surface area contributed by atoms with Gasteiger partial charge in [0.1, 0.15) is 6.61 Å². The molecular weight excluding hydrogens is 307 g/mol. The van der Waals surface area contributed by atoms with Gasteiger partial charge in [-0.3, -0.25) is 4.79 Å². The van der Waals surface area contributed by atoms with Crippen LogP contribution in [-0.4, -0.2) is 5.97 Å². The molecule has 0 saturated carbocycles. The summed E-state index contributed by atoms with van der Waals surface area (Å²) in [6.07, 6.45) is -4.49. The first-order chi connectivity index (χ1) is 10.9.